The summed E-state index contributed by atoms with van der Waals surface area (Å²) in [6.45, 7) is 2.46. The molecular formula is C15H18FNO4. The number of benzene rings is 1. The quantitative estimate of drug-likeness (QED) is 0.893. The first-order valence-electron chi connectivity index (χ1n) is 6.88. The second kappa shape index (κ2) is 6.67. The van der Waals surface area contributed by atoms with Gasteiger partial charge in [-0.25, -0.2) is 4.39 Å². The van der Waals surface area contributed by atoms with Gasteiger partial charge >= 0.3 is 5.97 Å². The first-order chi connectivity index (χ1) is 9.95. The molecule has 1 aliphatic heterocycles. The van der Waals surface area contributed by atoms with Gasteiger partial charge in [-0.3, -0.25) is 9.59 Å². The van der Waals surface area contributed by atoms with Crippen LogP contribution in [0, 0.1) is 11.7 Å². The molecule has 2 N–H and O–H groups in total. The maximum atomic E-state index is 13.7. The fraction of sp³-hybridized carbons (Fsp3) is 0.467. The molecule has 114 valence electrons. The average molecular weight is 295 g/mol. The molecule has 1 aliphatic rings. The number of carbonyl (C=O) groups is 2. The number of carboxylic acids is 1. The van der Waals surface area contributed by atoms with Gasteiger partial charge in [0.15, 0.2) is 0 Å². The molecule has 1 fully saturated rings. The van der Waals surface area contributed by atoms with Gasteiger partial charge in [-0.1, -0.05) is 6.07 Å². The topological polar surface area (TPSA) is 75.6 Å². The molecule has 1 amide bonds. The minimum Gasteiger partial charge on any atom is -0.481 e. The average Bonchev–Trinajstić information content (AvgIpc) is 2.41. The van der Waals surface area contributed by atoms with Crippen LogP contribution < -0.4 is 5.32 Å². The van der Waals surface area contributed by atoms with Crippen LogP contribution in [0.4, 0.5) is 10.1 Å². The van der Waals surface area contributed by atoms with Crippen molar-refractivity contribution >= 4 is 17.6 Å². The summed E-state index contributed by atoms with van der Waals surface area (Å²) >= 11 is 0. The maximum absolute atomic E-state index is 13.7. The lowest BCUT2D eigenvalue weighted by Crippen LogP contribution is -2.32. The van der Waals surface area contributed by atoms with Crippen molar-refractivity contribution in [1.82, 2.24) is 0 Å². The fourth-order valence-electron chi connectivity index (χ4n) is 2.41. The molecule has 0 saturated carbocycles. The van der Waals surface area contributed by atoms with E-state index in [2.05, 4.69) is 5.32 Å². The van der Waals surface area contributed by atoms with E-state index in [1.165, 1.54) is 12.1 Å². The fourth-order valence-corrected chi connectivity index (χ4v) is 2.41. The van der Waals surface area contributed by atoms with E-state index < -0.39 is 11.8 Å². The van der Waals surface area contributed by atoms with E-state index in [-0.39, 0.29) is 29.9 Å². The number of ether oxygens (including phenoxy) is 1. The van der Waals surface area contributed by atoms with E-state index in [0.29, 0.717) is 25.1 Å². The van der Waals surface area contributed by atoms with E-state index in [4.69, 9.17) is 9.84 Å². The zero-order valence-electron chi connectivity index (χ0n) is 11.8. The van der Waals surface area contributed by atoms with Crippen LogP contribution in [-0.4, -0.2) is 29.7 Å². The molecule has 0 bridgehead atoms. The Morgan fingerprint density at radius 3 is 2.86 bits per heavy atom. The van der Waals surface area contributed by atoms with Gasteiger partial charge in [0.1, 0.15) is 5.82 Å². The first kappa shape index (κ1) is 15.4. The summed E-state index contributed by atoms with van der Waals surface area (Å²) < 4.78 is 19.1. The van der Waals surface area contributed by atoms with Crippen molar-refractivity contribution in [3.05, 3.63) is 29.6 Å². The van der Waals surface area contributed by atoms with Crippen molar-refractivity contribution < 1.29 is 23.8 Å². The number of carbonyl (C=O) groups excluding carboxylic acids is 1. The molecule has 0 aromatic heterocycles. The third kappa shape index (κ3) is 4.26. The maximum Gasteiger partial charge on any atom is 0.307 e. The summed E-state index contributed by atoms with van der Waals surface area (Å²) in [6.07, 6.45) is 0.961. The van der Waals surface area contributed by atoms with Crippen LogP contribution in [0.5, 0.6) is 0 Å². The SMILES string of the molecule is CC1CC(C(=O)Nc2ccc(CC(=O)O)c(F)c2)CCO1. The third-order valence-electron chi connectivity index (χ3n) is 3.52. The Bertz CT molecular complexity index is 546. The number of hydrogen-bond acceptors (Lipinski definition) is 3. The lowest BCUT2D eigenvalue weighted by Gasteiger charge is -2.26. The van der Waals surface area contributed by atoms with Gasteiger partial charge in [0.05, 0.1) is 12.5 Å². The molecule has 0 radical (unpaired) electrons. The molecule has 2 rings (SSSR count). The molecule has 0 aliphatic carbocycles. The number of anilines is 1. The van der Waals surface area contributed by atoms with E-state index in [9.17, 15) is 14.0 Å². The Kier molecular flexibility index (Phi) is 4.90. The largest absolute Gasteiger partial charge is 0.481 e. The minimum atomic E-state index is -1.10. The second-order valence-electron chi connectivity index (χ2n) is 5.27. The van der Waals surface area contributed by atoms with E-state index in [0.717, 1.165) is 6.07 Å². The highest BCUT2D eigenvalue weighted by atomic mass is 19.1. The Hall–Kier alpha value is -1.95. The Labute approximate surface area is 122 Å². The summed E-state index contributed by atoms with van der Waals surface area (Å²) in [5.74, 6) is -2.02. The zero-order valence-corrected chi connectivity index (χ0v) is 11.8. The van der Waals surface area contributed by atoms with E-state index in [1.54, 1.807) is 0 Å². The van der Waals surface area contributed by atoms with Crippen molar-refractivity contribution in [2.45, 2.75) is 32.3 Å². The molecule has 1 heterocycles. The van der Waals surface area contributed by atoms with Gasteiger partial charge in [-0.05, 0) is 37.5 Å². The van der Waals surface area contributed by atoms with Crippen LogP contribution in [0.2, 0.25) is 0 Å². The highest BCUT2D eigenvalue weighted by Crippen LogP contribution is 2.22. The Balaban J connectivity index is 2.00. The van der Waals surface area contributed by atoms with Crippen LogP contribution in [0.25, 0.3) is 0 Å². The highest BCUT2D eigenvalue weighted by Gasteiger charge is 2.25. The summed E-state index contributed by atoms with van der Waals surface area (Å²) in [6, 6.07) is 4.05. The van der Waals surface area contributed by atoms with Crippen molar-refractivity contribution in [3.8, 4) is 0 Å². The van der Waals surface area contributed by atoms with Crippen molar-refractivity contribution in [2.24, 2.45) is 5.92 Å². The van der Waals surface area contributed by atoms with Crippen molar-refractivity contribution in [1.29, 1.82) is 0 Å². The number of aliphatic carboxylic acids is 1. The van der Waals surface area contributed by atoms with Crippen molar-refractivity contribution in [2.75, 3.05) is 11.9 Å². The van der Waals surface area contributed by atoms with Crippen molar-refractivity contribution in [3.63, 3.8) is 0 Å². The molecule has 1 aromatic carbocycles. The number of amides is 1. The summed E-state index contributed by atoms with van der Waals surface area (Å²) in [5.41, 5.74) is 0.436. The van der Waals surface area contributed by atoms with Gasteiger partial charge in [0.25, 0.3) is 0 Å². The summed E-state index contributed by atoms with van der Waals surface area (Å²) in [7, 11) is 0. The van der Waals surface area contributed by atoms with Crippen LogP contribution in [0.3, 0.4) is 0 Å². The first-order valence-corrected chi connectivity index (χ1v) is 6.88. The number of rotatable bonds is 4. The molecule has 2 atom stereocenters. The second-order valence-corrected chi connectivity index (χ2v) is 5.27. The highest BCUT2D eigenvalue weighted by molar-refractivity contribution is 5.92. The molecular weight excluding hydrogens is 277 g/mol. The van der Waals surface area contributed by atoms with E-state index >= 15 is 0 Å². The third-order valence-corrected chi connectivity index (χ3v) is 3.52. The molecule has 2 unspecified atom stereocenters. The standard InChI is InChI=1S/C15H18FNO4/c1-9-6-11(4-5-21-9)15(20)17-12-3-2-10(7-14(18)19)13(16)8-12/h2-3,8-9,11H,4-7H2,1H3,(H,17,20)(H,18,19). The van der Waals surface area contributed by atoms with Gasteiger partial charge in [0, 0.05) is 18.2 Å². The van der Waals surface area contributed by atoms with E-state index in [1.807, 2.05) is 6.92 Å². The predicted octanol–water partition coefficient (Wildman–Crippen LogP) is 2.21. The monoisotopic (exact) mass is 295 g/mol. The molecule has 1 saturated heterocycles. The Morgan fingerprint density at radius 2 is 2.24 bits per heavy atom. The van der Waals surface area contributed by atoms with Crippen LogP contribution >= 0.6 is 0 Å². The lowest BCUT2D eigenvalue weighted by molar-refractivity contribution is -0.136. The molecule has 6 heteroatoms. The number of nitrogens with one attached hydrogen (secondary N) is 1. The predicted molar refractivity (Wildman–Crippen MR) is 74.5 cm³/mol. The molecule has 1 aromatic rings. The van der Waals surface area contributed by atoms with Crippen LogP contribution in [0.15, 0.2) is 18.2 Å². The summed E-state index contributed by atoms with van der Waals surface area (Å²) in [4.78, 5) is 22.7. The van der Waals surface area contributed by atoms with Crippen LogP contribution in [-0.2, 0) is 20.7 Å². The molecule has 5 nitrogen and oxygen atoms in total. The normalized spacial score (nSPS) is 21.8. The molecule has 21 heavy (non-hydrogen) atoms. The Morgan fingerprint density at radius 1 is 1.48 bits per heavy atom. The minimum absolute atomic E-state index is 0.0455. The smallest absolute Gasteiger partial charge is 0.307 e. The molecule has 0 spiro atoms. The summed E-state index contributed by atoms with van der Waals surface area (Å²) in [5, 5.41) is 11.3. The van der Waals surface area contributed by atoms with Gasteiger partial charge < -0.3 is 15.2 Å². The lowest BCUT2D eigenvalue weighted by atomic mass is 9.95. The van der Waals surface area contributed by atoms with Crippen LogP contribution in [0.1, 0.15) is 25.3 Å². The number of hydrogen-bond donors (Lipinski definition) is 2. The van der Waals surface area contributed by atoms with Gasteiger partial charge in [-0.15, -0.1) is 0 Å². The van der Waals surface area contributed by atoms with Gasteiger partial charge in [-0.2, -0.15) is 0 Å². The zero-order chi connectivity index (χ0) is 15.4. The number of halogens is 1. The van der Waals surface area contributed by atoms with Gasteiger partial charge in [0.2, 0.25) is 5.91 Å². The number of carboxylic acid groups (broad SMARTS) is 1.